The molecule has 2 rings (SSSR count). The van der Waals surface area contributed by atoms with Gasteiger partial charge in [-0.1, -0.05) is 39.9 Å². The smallest absolute Gasteiger partial charge is 0.466 e. The van der Waals surface area contributed by atoms with E-state index in [1.807, 2.05) is 6.07 Å². The van der Waals surface area contributed by atoms with Gasteiger partial charge in [-0.2, -0.15) is 0 Å². The van der Waals surface area contributed by atoms with E-state index in [9.17, 15) is 4.79 Å². The number of pyridine rings is 1. The molecular formula is C12H10Cl2N2O2. The van der Waals surface area contributed by atoms with Gasteiger partial charge < -0.3 is 17.1 Å². The molecule has 1 amide bonds. The van der Waals surface area contributed by atoms with Crippen LogP contribution in [0.2, 0.25) is 5.02 Å². The van der Waals surface area contributed by atoms with Gasteiger partial charge in [0.25, 0.3) is 0 Å². The summed E-state index contributed by atoms with van der Waals surface area (Å²) in [7, 11) is 0. The number of rotatable bonds is 2. The average molecular weight is 285 g/mol. The molecule has 0 fully saturated rings. The number of carbonyl (C=O) groups excluding carboxylic acids is 1. The van der Waals surface area contributed by atoms with Crippen LogP contribution >= 0.6 is 11.6 Å². The molecule has 1 N–H and O–H groups in total. The van der Waals surface area contributed by atoms with Crippen LogP contribution in [0.15, 0.2) is 54.9 Å². The number of ether oxygens (including phenoxy) is 1. The molecule has 0 aliphatic rings. The number of aromatic nitrogens is 1. The van der Waals surface area contributed by atoms with Gasteiger partial charge in [-0.05, 0) is 12.1 Å². The zero-order chi connectivity index (χ0) is 12.1. The van der Waals surface area contributed by atoms with Crippen LogP contribution in [-0.4, -0.2) is 6.09 Å². The Hall–Kier alpha value is -1.78. The van der Waals surface area contributed by atoms with Crippen LogP contribution in [-0.2, 0) is 0 Å². The Kier molecular flexibility index (Phi) is 5.42. The molecule has 6 heteroatoms. The molecular weight excluding hydrogens is 275 g/mol. The third kappa shape index (κ3) is 3.91. The summed E-state index contributed by atoms with van der Waals surface area (Å²) in [6.07, 6.45) is 2.77. The van der Waals surface area contributed by atoms with Gasteiger partial charge >= 0.3 is 6.09 Å². The van der Waals surface area contributed by atoms with Crippen molar-refractivity contribution in [1.29, 1.82) is 0 Å². The minimum absolute atomic E-state index is 0. The predicted molar refractivity (Wildman–Crippen MR) is 63.5 cm³/mol. The summed E-state index contributed by atoms with van der Waals surface area (Å²) in [6, 6.07) is 12.2. The van der Waals surface area contributed by atoms with Crippen LogP contribution in [0.5, 0.6) is 5.75 Å². The lowest BCUT2D eigenvalue weighted by atomic mass is 10.3. The minimum Gasteiger partial charge on any atom is -1.00 e. The lowest BCUT2D eigenvalue weighted by Crippen LogP contribution is -3.00. The third-order valence-electron chi connectivity index (χ3n) is 1.98. The minimum atomic E-state index is -0.602. The first-order chi connectivity index (χ1) is 8.25. The largest absolute Gasteiger partial charge is 1.00 e. The van der Waals surface area contributed by atoms with E-state index < -0.39 is 6.09 Å². The number of benzene rings is 1. The summed E-state index contributed by atoms with van der Waals surface area (Å²) in [6.45, 7) is 0. The molecule has 1 aromatic heterocycles. The lowest BCUT2D eigenvalue weighted by Gasteiger charge is -2.03. The van der Waals surface area contributed by atoms with Crippen molar-refractivity contribution < 1.29 is 26.6 Å². The van der Waals surface area contributed by atoms with Crippen LogP contribution in [0.25, 0.3) is 0 Å². The van der Waals surface area contributed by atoms with Gasteiger partial charge in [0, 0.05) is 12.1 Å². The molecule has 0 saturated carbocycles. The number of halogens is 2. The molecule has 1 heterocycles. The van der Waals surface area contributed by atoms with E-state index in [0.29, 0.717) is 10.8 Å². The second kappa shape index (κ2) is 6.83. The molecule has 0 aliphatic carbocycles. The summed E-state index contributed by atoms with van der Waals surface area (Å²) in [5.74, 6) is 0.322. The van der Waals surface area contributed by atoms with Crippen molar-refractivity contribution in [3.63, 3.8) is 0 Å². The number of nitrogens with one attached hydrogen (secondary N) is 1. The van der Waals surface area contributed by atoms with Crippen molar-refractivity contribution in [3.05, 3.63) is 59.9 Å². The van der Waals surface area contributed by atoms with Crippen molar-refractivity contribution in [3.8, 4) is 5.75 Å². The maximum Gasteiger partial charge on any atom is 0.466 e. The molecule has 0 unspecified atom stereocenters. The summed E-state index contributed by atoms with van der Waals surface area (Å²) in [4.78, 5) is 11.5. The number of hydrogen-bond acceptors (Lipinski definition) is 2. The summed E-state index contributed by atoms with van der Waals surface area (Å²) in [5.41, 5.74) is 2.51. The van der Waals surface area contributed by atoms with Crippen molar-refractivity contribution in [2.24, 2.45) is 0 Å². The molecule has 0 atom stereocenters. The molecule has 0 spiro atoms. The molecule has 18 heavy (non-hydrogen) atoms. The highest BCUT2D eigenvalue weighted by molar-refractivity contribution is 6.32. The van der Waals surface area contributed by atoms with Crippen molar-refractivity contribution in [1.82, 2.24) is 0 Å². The second-order valence-electron chi connectivity index (χ2n) is 3.21. The Morgan fingerprint density at radius 1 is 1.11 bits per heavy atom. The standard InChI is InChI=1S/C12H9ClN2O2.ClH/c13-10-6-2-3-7-11(10)17-12(16)14-15-8-4-1-5-9-15;/h1-9H;1H. The molecule has 0 aliphatic heterocycles. The van der Waals surface area contributed by atoms with Crippen LogP contribution in [0.4, 0.5) is 4.79 Å². The molecule has 0 radical (unpaired) electrons. The van der Waals surface area contributed by atoms with E-state index in [2.05, 4.69) is 5.43 Å². The Bertz CT molecular complexity index is 520. The van der Waals surface area contributed by atoms with Gasteiger partial charge in [0.05, 0.1) is 5.02 Å². The van der Waals surface area contributed by atoms with E-state index in [-0.39, 0.29) is 12.4 Å². The monoisotopic (exact) mass is 284 g/mol. The molecule has 0 bridgehead atoms. The quantitative estimate of drug-likeness (QED) is 0.747. The van der Waals surface area contributed by atoms with Gasteiger partial charge in [0.2, 0.25) is 0 Å². The van der Waals surface area contributed by atoms with Crippen molar-refractivity contribution in [2.75, 3.05) is 5.43 Å². The highest BCUT2D eigenvalue weighted by Gasteiger charge is 2.10. The van der Waals surface area contributed by atoms with Crippen molar-refractivity contribution in [2.45, 2.75) is 0 Å². The predicted octanol–water partition coefficient (Wildman–Crippen LogP) is -0.626. The Balaban J connectivity index is 0.00000162. The van der Waals surface area contributed by atoms with E-state index in [1.165, 1.54) is 4.68 Å². The van der Waals surface area contributed by atoms with Gasteiger partial charge in [-0.15, -0.1) is 0 Å². The highest BCUT2D eigenvalue weighted by Crippen LogP contribution is 2.22. The molecule has 94 valence electrons. The van der Waals surface area contributed by atoms with Gasteiger partial charge in [-0.25, -0.2) is 4.79 Å². The van der Waals surface area contributed by atoms with E-state index in [4.69, 9.17) is 16.3 Å². The number of para-hydroxylation sites is 1. The van der Waals surface area contributed by atoms with Gasteiger partial charge in [0.1, 0.15) is 0 Å². The van der Waals surface area contributed by atoms with Gasteiger partial charge in [0.15, 0.2) is 18.1 Å². The Morgan fingerprint density at radius 2 is 1.78 bits per heavy atom. The first kappa shape index (κ1) is 14.3. The number of hydrogen-bond donors (Lipinski definition) is 1. The molecule has 0 saturated heterocycles. The second-order valence-corrected chi connectivity index (χ2v) is 3.62. The fourth-order valence-electron chi connectivity index (χ4n) is 1.23. The van der Waals surface area contributed by atoms with E-state index in [0.717, 1.165) is 0 Å². The lowest BCUT2D eigenvalue weighted by molar-refractivity contribution is -0.642. The molecule has 4 nitrogen and oxygen atoms in total. The topological polar surface area (TPSA) is 42.2 Å². The summed E-state index contributed by atoms with van der Waals surface area (Å²) < 4.78 is 6.53. The summed E-state index contributed by atoms with van der Waals surface area (Å²) >= 11 is 5.86. The summed E-state index contributed by atoms with van der Waals surface area (Å²) in [5, 5.41) is 0.390. The number of amides is 1. The third-order valence-corrected chi connectivity index (χ3v) is 2.29. The van der Waals surface area contributed by atoms with Crippen LogP contribution < -0.4 is 27.2 Å². The van der Waals surface area contributed by atoms with Crippen LogP contribution in [0.3, 0.4) is 0 Å². The highest BCUT2D eigenvalue weighted by atomic mass is 35.5. The Morgan fingerprint density at radius 3 is 2.44 bits per heavy atom. The maximum absolute atomic E-state index is 11.5. The zero-order valence-electron chi connectivity index (χ0n) is 9.22. The SMILES string of the molecule is O=C(N[n+]1ccccc1)Oc1ccccc1Cl.[Cl-]. The Labute approximate surface area is 116 Å². The zero-order valence-corrected chi connectivity index (χ0v) is 10.7. The van der Waals surface area contributed by atoms with Crippen LogP contribution in [0, 0.1) is 0 Å². The molecule has 1 aromatic carbocycles. The number of nitrogens with zero attached hydrogens (tertiary/aromatic N) is 1. The normalized spacial score (nSPS) is 9.17. The fraction of sp³-hybridized carbons (Fsp3) is 0. The first-order valence-corrected chi connectivity index (χ1v) is 5.33. The molecule has 2 aromatic rings. The maximum atomic E-state index is 11.5. The number of carbonyl (C=O) groups is 1. The van der Waals surface area contributed by atoms with Crippen LogP contribution in [0.1, 0.15) is 0 Å². The van der Waals surface area contributed by atoms with Gasteiger partial charge in [-0.3, -0.25) is 0 Å². The first-order valence-electron chi connectivity index (χ1n) is 4.95. The van der Waals surface area contributed by atoms with E-state index in [1.54, 1.807) is 48.8 Å². The van der Waals surface area contributed by atoms with Crippen molar-refractivity contribution >= 4 is 17.7 Å². The average Bonchev–Trinajstić information content (AvgIpc) is 2.33. The fourth-order valence-corrected chi connectivity index (χ4v) is 1.40. The van der Waals surface area contributed by atoms with E-state index >= 15 is 0 Å².